The molecule has 0 radical (unpaired) electrons. The number of nitrogens with one attached hydrogen (secondary N) is 2. The van der Waals surface area contributed by atoms with Gasteiger partial charge in [0.05, 0.1) is 25.7 Å². The SMILES string of the molecule is C1COCN1.CCC1=NCCN1. The van der Waals surface area contributed by atoms with Gasteiger partial charge in [-0.05, 0) is 0 Å². The van der Waals surface area contributed by atoms with E-state index in [1.807, 2.05) is 0 Å². The van der Waals surface area contributed by atoms with Crippen LogP contribution >= 0.6 is 0 Å². The number of ether oxygens (including phenoxy) is 1. The normalized spacial score (nSPS) is 20.9. The van der Waals surface area contributed by atoms with Crippen LogP contribution in [0.2, 0.25) is 0 Å². The number of rotatable bonds is 1. The summed E-state index contributed by atoms with van der Waals surface area (Å²) in [4.78, 5) is 4.16. The van der Waals surface area contributed by atoms with E-state index in [9.17, 15) is 0 Å². The second-order valence-electron chi connectivity index (χ2n) is 2.66. The van der Waals surface area contributed by atoms with Gasteiger partial charge in [-0.15, -0.1) is 0 Å². The molecule has 2 heterocycles. The number of hydrogen-bond acceptors (Lipinski definition) is 4. The highest BCUT2D eigenvalue weighted by molar-refractivity contribution is 5.83. The first-order chi connectivity index (χ1) is 5.93. The molecule has 2 N–H and O–H groups in total. The van der Waals surface area contributed by atoms with Gasteiger partial charge >= 0.3 is 0 Å². The number of nitrogens with zero attached hydrogens (tertiary/aromatic N) is 1. The molecular formula is C8H17N3O. The third kappa shape index (κ3) is 3.69. The molecule has 12 heavy (non-hydrogen) atoms. The Morgan fingerprint density at radius 1 is 1.50 bits per heavy atom. The van der Waals surface area contributed by atoms with Crippen molar-refractivity contribution in [1.29, 1.82) is 0 Å². The van der Waals surface area contributed by atoms with Crippen LogP contribution in [-0.4, -0.2) is 38.8 Å². The molecule has 0 amide bonds. The summed E-state index contributed by atoms with van der Waals surface area (Å²) < 4.78 is 4.83. The maximum atomic E-state index is 4.83. The van der Waals surface area contributed by atoms with E-state index < -0.39 is 0 Å². The molecule has 1 fully saturated rings. The lowest BCUT2D eigenvalue weighted by Gasteiger charge is -1.91. The van der Waals surface area contributed by atoms with Crippen molar-refractivity contribution in [3.05, 3.63) is 0 Å². The smallest absolute Gasteiger partial charge is 0.0966 e. The van der Waals surface area contributed by atoms with Gasteiger partial charge in [0.25, 0.3) is 0 Å². The van der Waals surface area contributed by atoms with E-state index in [2.05, 4.69) is 22.5 Å². The third-order valence-electron chi connectivity index (χ3n) is 1.71. The molecule has 0 bridgehead atoms. The van der Waals surface area contributed by atoms with E-state index in [4.69, 9.17) is 4.74 Å². The zero-order chi connectivity index (χ0) is 8.65. The molecule has 4 nitrogen and oxygen atoms in total. The minimum Gasteiger partial charge on any atom is -0.372 e. The molecule has 0 aliphatic carbocycles. The Kier molecular flexibility index (Phi) is 4.71. The van der Waals surface area contributed by atoms with Gasteiger partial charge in [0, 0.05) is 19.5 Å². The van der Waals surface area contributed by atoms with Crippen LogP contribution < -0.4 is 10.6 Å². The van der Waals surface area contributed by atoms with Crippen LogP contribution in [0.25, 0.3) is 0 Å². The standard InChI is InChI=1S/C5H10N2.C3H7NO/c1-2-5-6-3-4-7-5;1-2-5-3-4-1/h2-4H2,1H3,(H,6,7);4H,1-3H2. The summed E-state index contributed by atoms with van der Waals surface area (Å²) in [5.41, 5.74) is 0. The first-order valence-corrected chi connectivity index (χ1v) is 4.49. The molecule has 2 rings (SSSR count). The van der Waals surface area contributed by atoms with Crippen molar-refractivity contribution in [2.45, 2.75) is 13.3 Å². The highest BCUT2D eigenvalue weighted by atomic mass is 16.5. The van der Waals surface area contributed by atoms with Crippen molar-refractivity contribution in [1.82, 2.24) is 10.6 Å². The summed E-state index contributed by atoms with van der Waals surface area (Å²) in [6, 6.07) is 0. The Hall–Kier alpha value is -0.610. The Bertz CT molecular complexity index is 136. The summed E-state index contributed by atoms with van der Waals surface area (Å²) in [5.74, 6) is 1.17. The van der Waals surface area contributed by atoms with Crippen molar-refractivity contribution in [3.8, 4) is 0 Å². The van der Waals surface area contributed by atoms with Crippen LogP contribution in [0.5, 0.6) is 0 Å². The van der Waals surface area contributed by atoms with Crippen LogP contribution in [0.3, 0.4) is 0 Å². The van der Waals surface area contributed by atoms with Crippen LogP contribution in [0.15, 0.2) is 4.99 Å². The summed E-state index contributed by atoms with van der Waals surface area (Å²) in [5, 5.41) is 6.16. The largest absolute Gasteiger partial charge is 0.372 e. The van der Waals surface area contributed by atoms with Gasteiger partial charge in [0.1, 0.15) is 0 Å². The van der Waals surface area contributed by atoms with Crippen LogP contribution in [-0.2, 0) is 4.74 Å². The highest BCUT2D eigenvalue weighted by Gasteiger charge is 1.98. The second-order valence-corrected chi connectivity index (χ2v) is 2.66. The van der Waals surface area contributed by atoms with Gasteiger partial charge in [-0.2, -0.15) is 0 Å². The first kappa shape index (κ1) is 9.48. The minimum atomic E-state index is 0.750. The van der Waals surface area contributed by atoms with Crippen molar-refractivity contribution in [2.75, 3.05) is 33.0 Å². The zero-order valence-corrected chi connectivity index (χ0v) is 7.60. The van der Waals surface area contributed by atoms with Crippen LogP contribution in [0.1, 0.15) is 13.3 Å². The molecule has 0 aromatic heterocycles. The summed E-state index contributed by atoms with van der Waals surface area (Å²) in [7, 11) is 0. The summed E-state index contributed by atoms with van der Waals surface area (Å²) in [6.45, 7) is 6.80. The van der Waals surface area contributed by atoms with E-state index in [1.54, 1.807) is 0 Å². The number of aliphatic imine (C=N–C) groups is 1. The summed E-state index contributed by atoms with van der Waals surface area (Å²) >= 11 is 0. The van der Waals surface area contributed by atoms with Crippen LogP contribution in [0.4, 0.5) is 0 Å². The van der Waals surface area contributed by atoms with Gasteiger partial charge in [-0.25, -0.2) is 0 Å². The van der Waals surface area contributed by atoms with Gasteiger partial charge in [0.15, 0.2) is 0 Å². The third-order valence-corrected chi connectivity index (χ3v) is 1.71. The molecule has 0 atom stereocenters. The van der Waals surface area contributed by atoms with E-state index in [-0.39, 0.29) is 0 Å². The quantitative estimate of drug-likeness (QED) is 0.582. The molecule has 1 saturated heterocycles. The van der Waals surface area contributed by atoms with E-state index in [0.29, 0.717) is 0 Å². The molecule has 0 spiro atoms. The fraction of sp³-hybridized carbons (Fsp3) is 0.875. The van der Waals surface area contributed by atoms with Crippen molar-refractivity contribution in [3.63, 3.8) is 0 Å². The lowest BCUT2D eigenvalue weighted by molar-refractivity contribution is 0.194. The van der Waals surface area contributed by atoms with Crippen molar-refractivity contribution >= 4 is 5.84 Å². The van der Waals surface area contributed by atoms with Crippen LogP contribution in [0, 0.1) is 0 Å². The maximum Gasteiger partial charge on any atom is 0.0966 e. The van der Waals surface area contributed by atoms with E-state index in [1.165, 1.54) is 5.84 Å². The fourth-order valence-electron chi connectivity index (χ4n) is 1.04. The fourth-order valence-corrected chi connectivity index (χ4v) is 1.04. The average Bonchev–Trinajstić information content (AvgIpc) is 2.81. The molecule has 0 aromatic carbocycles. The predicted octanol–water partition coefficient (Wildman–Crippen LogP) is -0.0382. The molecule has 4 heteroatoms. The topological polar surface area (TPSA) is 45.6 Å². The highest BCUT2D eigenvalue weighted by Crippen LogP contribution is 1.87. The monoisotopic (exact) mass is 171 g/mol. The Balaban J connectivity index is 0.000000127. The van der Waals surface area contributed by atoms with Gasteiger partial charge < -0.3 is 10.1 Å². The Morgan fingerprint density at radius 3 is 2.67 bits per heavy atom. The lowest BCUT2D eigenvalue weighted by atomic mass is 10.4. The van der Waals surface area contributed by atoms with Gasteiger partial charge in [-0.1, -0.05) is 6.92 Å². The number of hydrogen-bond donors (Lipinski definition) is 2. The second kappa shape index (κ2) is 5.97. The molecule has 0 unspecified atom stereocenters. The molecule has 70 valence electrons. The lowest BCUT2D eigenvalue weighted by Crippen LogP contribution is -2.16. The van der Waals surface area contributed by atoms with E-state index in [0.717, 1.165) is 39.4 Å². The van der Waals surface area contributed by atoms with Gasteiger partial charge in [-0.3, -0.25) is 10.3 Å². The van der Waals surface area contributed by atoms with E-state index >= 15 is 0 Å². The zero-order valence-electron chi connectivity index (χ0n) is 7.60. The van der Waals surface area contributed by atoms with Gasteiger partial charge in [0.2, 0.25) is 0 Å². The predicted molar refractivity (Wildman–Crippen MR) is 49.4 cm³/mol. The Morgan fingerprint density at radius 2 is 2.42 bits per heavy atom. The number of amidine groups is 1. The van der Waals surface area contributed by atoms with Crippen molar-refractivity contribution in [2.24, 2.45) is 4.99 Å². The maximum absolute atomic E-state index is 4.83. The summed E-state index contributed by atoms with van der Waals surface area (Å²) in [6.07, 6.45) is 1.06. The van der Waals surface area contributed by atoms with Crippen molar-refractivity contribution < 1.29 is 4.74 Å². The first-order valence-electron chi connectivity index (χ1n) is 4.49. The molecular weight excluding hydrogens is 154 g/mol. The molecule has 0 aromatic rings. The molecule has 0 saturated carbocycles. The minimum absolute atomic E-state index is 0.750. The Labute approximate surface area is 73.4 Å². The molecule has 2 aliphatic rings. The molecule has 2 aliphatic heterocycles. The average molecular weight is 171 g/mol.